The second-order valence-corrected chi connectivity index (χ2v) is 6.69. The number of anilines is 2. The summed E-state index contributed by atoms with van der Waals surface area (Å²) in [4.78, 5) is 19.7. The molecule has 0 saturated carbocycles. The van der Waals surface area contributed by atoms with E-state index in [1.165, 1.54) is 5.56 Å². The fourth-order valence-corrected chi connectivity index (χ4v) is 3.34. The van der Waals surface area contributed by atoms with Crippen LogP contribution in [0.5, 0.6) is 0 Å². The molecule has 0 aliphatic carbocycles. The van der Waals surface area contributed by atoms with Crippen molar-refractivity contribution >= 4 is 34.3 Å². The van der Waals surface area contributed by atoms with Crippen molar-refractivity contribution in [2.24, 2.45) is 0 Å². The molecule has 0 amide bonds. The number of nitrogens with one attached hydrogen (secondary N) is 1. The van der Waals surface area contributed by atoms with Crippen LogP contribution in [0.25, 0.3) is 11.0 Å². The predicted molar refractivity (Wildman–Crippen MR) is 106 cm³/mol. The van der Waals surface area contributed by atoms with Gasteiger partial charge in [-0.25, -0.2) is 15.0 Å². The van der Waals surface area contributed by atoms with E-state index in [-0.39, 0.29) is 5.28 Å². The lowest BCUT2D eigenvalue weighted by Gasteiger charge is -2.28. The van der Waals surface area contributed by atoms with Gasteiger partial charge in [0.05, 0.1) is 13.2 Å². The summed E-state index contributed by atoms with van der Waals surface area (Å²) in [6.45, 7) is 3.63. The fourth-order valence-electron chi connectivity index (χ4n) is 3.17. The maximum atomic E-state index is 6.19. The van der Waals surface area contributed by atoms with Crippen LogP contribution in [-0.2, 0) is 11.2 Å². The number of fused-ring (bicyclic) bond motifs is 1. The highest BCUT2D eigenvalue weighted by Crippen LogP contribution is 2.27. The summed E-state index contributed by atoms with van der Waals surface area (Å²) >= 11 is 6.19. The van der Waals surface area contributed by atoms with Crippen LogP contribution < -0.4 is 10.2 Å². The van der Waals surface area contributed by atoms with Crippen LogP contribution in [0.1, 0.15) is 12.0 Å². The Morgan fingerprint density at radius 2 is 1.85 bits per heavy atom. The largest absolute Gasteiger partial charge is 0.378 e. The Bertz CT molecular complexity index is 901. The van der Waals surface area contributed by atoms with Crippen molar-refractivity contribution in [2.75, 3.05) is 43.1 Å². The SMILES string of the molecule is Clc1nc(N2CCOCC2)c2ncnc(NCCCc3ccccc3)c2n1. The minimum absolute atomic E-state index is 0.200. The molecule has 1 N–H and O–H groups in total. The van der Waals surface area contributed by atoms with E-state index in [1.54, 1.807) is 6.33 Å². The van der Waals surface area contributed by atoms with Crippen LogP contribution in [0.15, 0.2) is 36.7 Å². The van der Waals surface area contributed by atoms with Gasteiger partial charge >= 0.3 is 0 Å². The second-order valence-electron chi connectivity index (χ2n) is 6.35. The lowest BCUT2D eigenvalue weighted by molar-refractivity contribution is 0.122. The smallest absolute Gasteiger partial charge is 0.225 e. The van der Waals surface area contributed by atoms with Crippen LogP contribution in [0.4, 0.5) is 11.6 Å². The average molecular weight is 385 g/mol. The molecule has 1 saturated heterocycles. The number of ether oxygens (including phenoxy) is 1. The molecule has 1 fully saturated rings. The van der Waals surface area contributed by atoms with E-state index in [4.69, 9.17) is 16.3 Å². The summed E-state index contributed by atoms with van der Waals surface area (Å²) in [5.74, 6) is 1.43. The van der Waals surface area contributed by atoms with E-state index >= 15 is 0 Å². The first-order chi connectivity index (χ1) is 13.3. The number of hydrogen-bond donors (Lipinski definition) is 1. The minimum atomic E-state index is 0.200. The van der Waals surface area contributed by atoms with Crippen molar-refractivity contribution < 1.29 is 4.74 Å². The molecule has 4 rings (SSSR count). The summed E-state index contributed by atoms with van der Waals surface area (Å²) in [7, 11) is 0. The Hall–Kier alpha value is -2.51. The summed E-state index contributed by atoms with van der Waals surface area (Å²) in [6, 6.07) is 10.4. The molecule has 27 heavy (non-hydrogen) atoms. The van der Waals surface area contributed by atoms with Crippen LogP contribution >= 0.6 is 11.6 Å². The van der Waals surface area contributed by atoms with Crippen LogP contribution in [0.3, 0.4) is 0 Å². The van der Waals surface area contributed by atoms with E-state index in [0.29, 0.717) is 30.1 Å². The number of rotatable bonds is 6. The number of hydrogen-bond acceptors (Lipinski definition) is 7. The Balaban J connectivity index is 1.52. The number of aryl methyl sites for hydroxylation is 1. The first kappa shape index (κ1) is 17.9. The van der Waals surface area contributed by atoms with Gasteiger partial charge in [0.15, 0.2) is 11.6 Å². The maximum absolute atomic E-state index is 6.19. The van der Waals surface area contributed by atoms with E-state index < -0.39 is 0 Å². The second kappa shape index (κ2) is 8.45. The number of benzene rings is 1. The molecule has 2 aromatic heterocycles. The quantitative estimate of drug-likeness (QED) is 0.517. The molecular formula is C19H21ClN6O. The Kier molecular flexibility index (Phi) is 5.60. The summed E-state index contributed by atoms with van der Waals surface area (Å²) in [5, 5.41) is 3.57. The van der Waals surface area contributed by atoms with Crippen LogP contribution in [0, 0.1) is 0 Å². The molecule has 7 nitrogen and oxygen atoms in total. The lowest BCUT2D eigenvalue weighted by atomic mass is 10.1. The van der Waals surface area contributed by atoms with Gasteiger partial charge in [-0.2, -0.15) is 4.98 Å². The van der Waals surface area contributed by atoms with E-state index in [1.807, 2.05) is 6.07 Å². The highest BCUT2D eigenvalue weighted by molar-refractivity contribution is 6.29. The summed E-state index contributed by atoms with van der Waals surface area (Å²) in [6.07, 6.45) is 3.54. The monoisotopic (exact) mass is 384 g/mol. The van der Waals surface area contributed by atoms with Crippen molar-refractivity contribution in [3.05, 3.63) is 47.5 Å². The molecule has 1 aromatic carbocycles. The van der Waals surface area contributed by atoms with E-state index in [2.05, 4.69) is 54.4 Å². The molecule has 3 aromatic rings. The Morgan fingerprint density at radius 1 is 1.04 bits per heavy atom. The summed E-state index contributed by atoms with van der Waals surface area (Å²) < 4.78 is 5.43. The molecule has 0 bridgehead atoms. The number of morpholine rings is 1. The van der Waals surface area contributed by atoms with Crippen molar-refractivity contribution in [3.8, 4) is 0 Å². The first-order valence-electron chi connectivity index (χ1n) is 9.10. The van der Waals surface area contributed by atoms with Gasteiger partial charge in [-0.3, -0.25) is 0 Å². The lowest BCUT2D eigenvalue weighted by Crippen LogP contribution is -2.37. The Labute approximate surface area is 162 Å². The molecule has 0 unspecified atom stereocenters. The van der Waals surface area contributed by atoms with Gasteiger partial charge in [-0.05, 0) is 30.0 Å². The molecule has 0 atom stereocenters. The third-order valence-electron chi connectivity index (χ3n) is 4.52. The molecule has 0 spiro atoms. The third kappa shape index (κ3) is 4.26. The number of nitrogens with zero attached hydrogens (tertiary/aromatic N) is 5. The molecule has 1 aliphatic rings. The van der Waals surface area contributed by atoms with E-state index in [0.717, 1.165) is 38.3 Å². The standard InChI is InChI=1S/C19H21ClN6O/c20-19-24-15-16(18(25-19)26-9-11-27-12-10-26)22-13-23-17(15)21-8-4-7-14-5-2-1-3-6-14/h1-3,5-6,13H,4,7-12H2,(H,21,22,23). The maximum Gasteiger partial charge on any atom is 0.225 e. The van der Waals surface area contributed by atoms with Gasteiger partial charge in [0.1, 0.15) is 17.4 Å². The zero-order chi connectivity index (χ0) is 18.5. The highest BCUT2D eigenvalue weighted by Gasteiger charge is 2.19. The summed E-state index contributed by atoms with van der Waals surface area (Å²) in [5.41, 5.74) is 2.69. The van der Waals surface area contributed by atoms with Crippen LogP contribution in [-0.4, -0.2) is 52.8 Å². The zero-order valence-electron chi connectivity index (χ0n) is 14.9. The molecule has 3 heterocycles. The Morgan fingerprint density at radius 3 is 2.67 bits per heavy atom. The van der Waals surface area contributed by atoms with Crippen molar-refractivity contribution in [2.45, 2.75) is 12.8 Å². The molecular weight excluding hydrogens is 364 g/mol. The van der Waals surface area contributed by atoms with Crippen LogP contribution in [0.2, 0.25) is 5.28 Å². The third-order valence-corrected chi connectivity index (χ3v) is 4.69. The number of halogens is 1. The van der Waals surface area contributed by atoms with Crippen molar-refractivity contribution in [1.82, 2.24) is 19.9 Å². The molecule has 8 heteroatoms. The van der Waals surface area contributed by atoms with Gasteiger partial charge in [-0.1, -0.05) is 30.3 Å². The molecule has 1 aliphatic heterocycles. The zero-order valence-corrected chi connectivity index (χ0v) is 15.7. The highest BCUT2D eigenvalue weighted by atomic mass is 35.5. The van der Waals surface area contributed by atoms with Crippen molar-refractivity contribution in [3.63, 3.8) is 0 Å². The number of aromatic nitrogens is 4. The predicted octanol–water partition coefficient (Wildman–Crippen LogP) is 2.95. The van der Waals surface area contributed by atoms with Gasteiger partial charge < -0.3 is 15.0 Å². The first-order valence-corrected chi connectivity index (χ1v) is 9.48. The van der Waals surface area contributed by atoms with Gasteiger partial charge in [-0.15, -0.1) is 0 Å². The van der Waals surface area contributed by atoms with Gasteiger partial charge in [0.25, 0.3) is 0 Å². The van der Waals surface area contributed by atoms with Gasteiger partial charge in [0, 0.05) is 19.6 Å². The normalized spacial score (nSPS) is 14.5. The van der Waals surface area contributed by atoms with Gasteiger partial charge in [0.2, 0.25) is 5.28 Å². The minimum Gasteiger partial charge on any atom is -0.378 e. The average Bonchev–Trinajstić information content (AvgIpc) is 2.72. The molecule has 140 valence electrons. The topological polar surface area (TPSA) is 76.1 Å². The fraction of sp³-hybridized carbons (Fsp3) is 0.368. The van der Waals surface area contributed by atoms with E-state index in [9.17, 15) is 0 Å². The van der Waals surface area contributed by atoms with Crippen molar-refractivity contribution in [1.29, 1.82) is 0 Å². The molecule has 0 radical (unpaired) electrons.